The summed E-state index contributed by atoms with van der Waals surface area (Å²) in [5, 5.41) is 14.5. The number of aryl methyl sites for hydroxylation is 1. The van der Waals surface area contributed by atoms with Crippen molar-refractivity contribution in [1.82, 2.24) is 20.2 Å². The normalized spacial score (nSPS) is 13.7. The van der Waals surface area contributed by atoms with Crippen LogP contribution in [0.2, 0.25) is 0 Å². The van der Waals surface area contributed by atoms with Gasteiger partial charge in [-0.05, 0) is 18.2 Å². The molecule has 1 unspecified atom stereocenters. The van der Waals surface area contributed by atoms with Crippen LogP contribution in [0.1, 0.15) is 23.4 Å². The molecule has 6 nitrogen and oxygen atoms in total. The van der Waals surface area contributed by atoms with Gasteiger partial charge in [0.05, 0.1) is 12.1 Å². The molecule has 0 aliphatic carbocycles. The second-order valence-corrected chi connectivity index (χ2v) is 6.46. The predicted molar refractivity (Wildman–Crippen MR) is 97.5 cm³/mol. The molecule has 0 fully saturated rings. The summed E-state index contributed by atoms with van der Waals surface area (Å²) in [4.78, 5) is 15.2. The zero-order valence-corrected chi connectivity index (χ0v) is 16.1. The molecule has 0 bridgehead atoms. The highest BCUT2D eigenvalue weighted by Gasteiger charge is 2.57. The van der Waals surface area contributed by atoms with Crippen molar-refractivity contribution in [3.63, 3.8) is 0 Å². The van der Waals surface area contributed by atoms with Gasteiger partial charge in [-0.3, -0.25) is 0 Å². The second-order valence-electron chi connectivity index (χ2n) is 6.46. The average Bonchev–Trinajstić information content (AvgIpc) is 3.10. The summed E-state index contributed by atoms with van der Waals surface area (Å²) in [5.41, 5.74) is -4.04. The summed E-state index contributed by atoms with van der Waals surface area (Å²) in [6.45, 7) is -0.791. The van der Waals surface area contributed by atoms with Gasteiger partial charge in [0, 0.05) is 38.0 Å². The Morgan fingerprint density at radius 1 is 1.19 bits per heavy atom. The Balaban J connectivity index is 1.88. The minimum Gasteiger partial charge on any atom is -0.374 e. The Morgan fingerprint density at radius 2 is 1.90 bits per heavy atom. The van der Waals surface area contributed by atoms with E-state index in [0.717, 1.165) is 22.9 Å². The van der Waals surface area contributed by atoms with Gasteiger partial charge in [0.2, 0.25) is 5.60 Å². The lowest BCUT2D eigenvalue weighted by Gasteiger charge is -2.29. The van der Waals surface area contributed by atoms with Crippen molar-refractivity contribution < 1.29 is 36.2 Å². The Morgan fingerprint density at radius 3 is 2.48 bits per heavy atom. The van der Waals surface area contributed by atoms with Crippen LogP contribution < -0.4 is 10.6 Å². The number of imidazole rings is 1. The lowest BCUT2D eigenvalue weighted by Crippen LogP contribution is -2.47. The maximum atomic E-state index is 13.4. The second kappa shape index (κ2) is 9.30. The van der Waals surface area contributed by atoms with Crippen molar-refractivity contribution >= 4 is 6.03 Å². The van der Waals surface area contributed by atoms with E-state index in [4.69, 9.17) is 0 Å². The van der Waals surface area contributed by atoms with Crippen molar-refractivity contribution in [2.75, 3.05) is 13.1 Å². The van der Waals surface area contributed by atoms with Gasteiger partial charge in [0.15, 0.2) is 0 Å². The quantitative estimate of drug-likeness (QED) is 0.486. The number of halogens is 6. The Bertz CT molecular complexity index is 974. The molecule has 2 aromatic rings. The number of nitrogens with zero attached hydrogens (tertiary/aromatic N) is 2. The molecular weight excluding hydrogens is 430 g/mol. The first-order valence-electron chi connectivity index (χ1n) is 8.79. The van der Waals surface area contributed by atoms with E-state index in [0.29, 0.717) is 0 Å². The van der Waals surface area contributed by atoms with Crippen LogP contribution in [0.4, 0.5) is 31.1 Å². The highest BCUT2D eigenvalue weighted by atomic mass is 19.4. The van der Waals surface area contributed by atoms with Crippen molar-refractivity contribution in [3.05, 3.63) is 53.6 Å². The van der Waals surface area contributed by atoms with Crippen LogP contribution in [0.5, 0.6) is 0 Å². The molecule has 0 aliphatic rings. The molecular formula is C19H18F6N4O2. The fourth-order valence-electron chi connectivity index (χ4n) is 2.61. The number of carbonyl (C=O) groups is 1. The molecule has 0 spiro atoms. The number of nitrogens with one attached hydrogen (secondary N) is 2. The Labute approximate surface area is 173 Å². The Hall–Kier alpha value is -3.20. The highest BCUT2D eigenvalue weighted by Crippen LogP contribution is 2.40. The zero-order valence-electron chi connectivity index (χ0n) is 16.1. The van der Waals surface area contributed by atoms with E-state index < -0.39 is 48.3 Å². The first-order valence-corrected chi connectivity index (χ1v) is 8.79. The molecule has 0 saturated carbocycles. The van der Waals surface area contributed by atoms with E-state index in [2.05, 4.69) is 27.5 Å². The highest BCUT2D eigenvalue weighted by molar-refractivity contribution is 5.74. The summed E-state index contributed by atoms with van der Waals surface area (Å²) in [6.07, 6.45) is -8.07. The summed E-state index contributed by atoms with van der Waals surface area (Å²) < 4.78 is 79.0. The number of rotatable bonds is 5. The molecule has 168 valence electrons. The zero-order chi connectivity index (χ0) is 23.3. The molecule has 3 N–H and O–H groups in total. The van der Waals surface area contributed by atoms with E-state index in [-0.39, 0.29) is 12.1 Å². The molecule has 0 saturated heterocycles. The number of benzene rings is 1. The lowest BCUT2D eigenvalue weighted by atomic mass is 9.97. The summed E-state index contributed by atoms with van der Waals surface area (Å²) in [5.74, 6) is 4.27. The van der Waals surface area contributed by atoms with Crippen molar-refractivity contribution in [1.29, 1.82) is 0 Å². The fourth-order valence-corrected chi connectivity index (χ4v) is 2.61. The largest absolute Gasteiger partial charge is 0.424 e. The van der Waals surface area contributed by atoms with Gasteiger partial charge in [-0.25, -0.2) is 9.78 Å². The minimum atomic E-state index is -5.03. The topological polar surface area (TPSA) is 79.2 Å². The number of aromatic nitrogens is 2. The molecule has 0 aliphatic heterocycles. The van der Waals surface area contributed by atoms with E-state index in [1.807, 2.05) is 0 Å². The fraction of sp³-hybridized carbons (Fsp3) is 0.368. The van der Waals surface area contributed by atoms with Gasteiger partial charge >= 0.3 is 18.4 Å². The number of aliphatic hydroxyl groups is 1. The minimum absolute atomic E-state index is 0.0855. The summed E-state index contributed by atoms with van der Waals surface area (Å²) >= 11 is 0. The third-order valence-electron chi connectivity index (χ3n) is 4.19. The van der Waals surface area contributed by atoms with Crippen LogP contribution in [0, 0.1) is 11.8 Å². The molecule has 1 aromatic carbocycles. The number of alkyl halides is 6. The average molecular weight is 448 g/mol. The van der Waals surface area contributed by atoms with Gasteiger partial charge in [-0.15, -0.1) is 0 Å². The van der Waals surface area contributed by atoms with Gasteiger partial charge < -0.3 is 20.3 Å². The van der Waals surface area contributed by atoms with Crippen LogP contribution in [0.25, 0.3) is 0 Å². The van der Waals surface area contributed by atoms with Gasteiger partial charge in [-0.1, -0.05) is 17.9 Å². The summed E-state index contributed by atoms with van der Waals surface area (Å²) in [7, 11) is 1.29. The van der Waals surface area contributed by atoms with Crippen LogP contribution in [0.15, 0.2) is 36.7 Å². The smallest absolute Gasteiger partial charge is 0.374 e. The van der Waals surface area contributed by atoms with Crippen LogP contribution in [-0.4, -0.2) is 40.0 Å². The van der Waals surface area contributed by atoms with Gasteiger partial charge in [0.1, 0.15) is 5.82 Å². The van der Waals surface area contributed by atoms with E-state index >= 15 is 0 Å². The molecule has 1 heterocycles. The van der Waals surface area contributed by atoms with Gasteiger partial charge in [0.25, 0.3) is 0 Å². The van der Waals surface area contributed by atoms with Gasteiger partial charge in [-0.2, -0.15) is 26.3 Å². The SMILES string of the molecule is Cn1ccnc1C(O)(CCNC(=O)NCC#Cc1cccc(C(F)(F)F)c1)C(F)(F)F. The molecule has 2 rings (SSSR count). The third-order valence-corrected chi connectivity index (χ3v) is 4.19. The van der Waals surface area contributed by atoms with Crippen molar-refractivity contribution in [3.8, 4) is 11.8 Å². The maximum Gasteiger partial charge on any atom is 0.424 e. The molecule has 1 atom stereocenters. The summed E-state index contributed by atoms with van der Waals surface area (Å²) in [6, 6.07) is 3.43. The molecule has 31 heavy (non-hydrogen) atoms. The van der Waals surface area contributed by atoms with E-state index in [1.165, 1.54) is 25.4 Å². The number of hydrogen-bond donors (Lipinski definition) is 3. The predicted octanol–water partition coefficient (Wildman–Crippen LogP) is 2.93. The molecule has 1 aromatic heterocycles. The standard InChI is InChI=1S/C19H18F6N4O2/c1-29-11-10-26-15(29)17(31,19(23,24)25)7-9-28-16(30)27-8-3-5-13-4-2-6-14(12-13)18(20,21)22/h2,4,6,10-12,31H,7-9H2,1H3,(H2,27,28,30). The maximum absolute atomic E-state index is 13.4. The first-order chi connectivity index (χ1) is 14.3. The van der Waals surface area contributed by atoms with E-state index in [9.17, 15) is 36.2 Å². The first kappa shape index (κ1) is 24.1. The third kappa shape index (κ3) is 6.14. The molecule has 2 amide bonds. The van der Waals surface area contributed by atoms with Crippen LogP contribution in [-0.2, 0) is 18.8 Å². The lowest BCUT2D eigenvalue weighted by molar-refractivity contribution is -0.272. The number of urea groups is 1. The Kier molecular flexibility index (Phi) is 7.22. The number of carbonyl (C=O) groups excluding carboxylic acids is 1. The molecule has 0 radical (unpaired) electrons. The number of hydrogen-bond acceptors (Lipinski definition) is 3. The molecule has 12 heteroatoms. The van der Waals surface area contributed by atoms with Crippen molar-refractivity contribution in [2.45, 2.75) is 24.4 Å². The number of amides is 2. The van der Waals surface area contributed by atoms with E-state index in [1.54, 1.807) is 0 Å². The van der Waals surface area contributed by atoms with Crippen LogP contribution >= 0.6 is 0 Å². The monoisotopic (exact) mass is 448 g/mol. The van der Waals surface area contributed by atoms with Crippen LogP contribution in [0.3, 0.4) is 0 Å². The van der Waals surface area contributed by atoms with Crippen molar-refractivity contribution in [2.24, 2.45) is 7.05 Å².